The van der Waals surface area contributed by atoms with Crippen LogP contribution < -0.4 is 0 Å². The van der Waals surface area contributed by atoms with Gasteiger partial charge in [-0.25, -0.2) is 0 Å². The number of Topliss-reactive ketones (excluding diaryl/α,β-unsaturated/α-hetero) is 1. The molecule has 0 aliphatic carbocycles. The largest absolute Gasteiger partial charge is 0.459 e. The number of likely N-dealkylation sites (N-methyl/N-ethyl adjacent to an activating group) is 1. The Labute approximate surface area is 327 Å². The van der Waals surface area contributed by atoms with Gasteiger partial charge in [-0.1, -0.05) is 34.6 Å². The van der Waals surface area contributed by atoms with Crippen LogP contribution in [0.25, 0.3) is 0 Å². The summed E-state index contributed by atoms with van der Waals surface area (Å²) in [6.45, 7) is 18.0. The predicted octanol–water partition coefficient (Wildman–Crippen LogP) is 2.75. The van der Waals surface area contributed by atoms with Gasteiger partial charge in [-0.15, -0.1) is 0 Å². The van der Waals surface area contributed by atoms with Crippen LogP contribution >= 0.6 is 0 Å². The van der Waals surface area contributed by atoms with Crippen LogP contribution in [0.15, 0.2) is 0 Å². The standard InChI is InChI=1S/C40H71NO14/c1-15-27-40(11,48)33(44)22(5)30(43)20(3)18-38(9,47)35(55-37-32(53-28(42)16-2)26(41(12)13)17-21(4)50-37)23(6)31(24(7)36(46)52-27)54-29-19-39(10,49-14)34(45)25(8)51-29/h20-27,29,31-35,37,44-45,47-48H,15-19H2,1-14H3/t20-,21+,22+,23-,24-,25-,26-,27-,29-,31+,32+,33-,34-,35-,37+,38+,39+,40+/m1/s1. The molecule has 0 unspecified atom stereocenters. The molecular formula is C40H71NO14. The highest BCUT2D eigenvalue weighted by Gasteiger charge is 2.54. The Balaban J connectivity index is 2.24. The zero-order valence-corrected chi connectivity index (χ0v) is 35.5. The predicted molar refractivity (Wildman–Crippen MR) is 200 cm³/mol. The lowest BCUT2D eigenvalue weighted by Crippen LogP contribution is -2.61. The van der Waals surface area contributed by atoms with E-state index in [2.05, 4.69) is 0 Å². The Bertz CT molecular complexity index is 1290. The van der Waals surface area contributed by atoms with Crippen LogP contribution in [0, 0.1) is 23.7 Å². The van der Waals surface area contributed by atoms with Gasteiger partial charge in [-0.3, -0.25) is 14.4 Å². The van der Waals surface area contributed by atoms with Gasteiger partial charge in [-0.2, -0.15) is 0 Å². The molecule has 15 nitrogen and oxygen atoms in total. The van der Waals surface area contributed by atoms with Gasteiger partial charge in [0, 0.05) is 37.7 Å². The SMILES string of the molecule is CCC(=O)O[C@@H]1[C@H](O[C@@H]2[C@H](C)[C@H](O[C@@H]3C[C@](C)(OC)[C@H](O)[C@@H](C)O3)[C@@H](C)C(=O)O[C@H](CC)[C@](C)(O)[C@H](O)[C@@H](C)C(=O)[C@H](C)C[C@]2(C)O)O[C@@H](C)C[C@H]1N(C)C. The first-order chi connectivity index (χ1) is 25.4. The van der Waals surface area contributed by atoms with Crippen molar-refractivity contribution in [1.82, 2.24) is 4.90 Å². The van der Waals surface area contributed by atoms with E-state index in [0.717, 1.165) is 0 Å². The maximum Gasteiger partial charge on any atom is 0.311 e. The second kappa shape index (κ2) is 18.9. The van der Waals surface area contributed by atoms with Crippen molar-refractivity contribution in [2.45, 2.75) is 193 Å². The Morgan fingerprint density at radius 3 is 2.05 bits per heavy atom. The molecule has 320 valence electrons. The summed E-state index contributed by atoms with van der Waals surface area (Å²) in [7, 11) is 5.21. The number of methoxy groups -OCH3 is 1. The van der Waals surface area contributed by atoms with Gasteiger partial charge in [0.2, 0.25) is 0 Å². The molecule has 0 saturated carbocycles. The minimum Gasteiger partial charge on any atom is -0.459 e. The van der Waals surface area contributed by atoms with E-state index in [0.29, 0.717) is 6.42 Å². The number of carbonyl (C=O) groups excluding carboxylic acids is 3. The van der Waals surface area contributed by atoms with Gasteiger partial charge in [0.15, 0.2) is 18.7 Å². The molecule has 55 heavy (non-hydrogen) atoms. The number of nitrogens with zero attached hydrogens (tertiary/aromatic N) is 1. The second-order valence-corrected chi connectivity index (χ2v) is 17.3. The molecule has 3 rings (SSSR count). The van der Waals surface area contributed by atoms with Gasteiger partial charge in [-0.05, 0) is 74.9 Å². The number of esters is 2. The number of hydrogen-bond donors (Lipinski definition) is 4. The summed E-state index contributed by atoms with van der Waals surface area (Å²) in [6.07, 6.45) is -9.68. The van der Waals surface area contributed by atoms with Gasteiger partial charge >= 0.3 is 11.9 Å². The van der Waals surface area contributed by atoms with E-state index >= 15 is 0 Å². The number of cyclic esters (lactones) is 1. The number of aliphatic hydroxyl groups excluding tert-OH is 2. The summed E-state index contributed by atoms with van der Waals surface area (Å²) >= 11 is 0. The molecule has 0 spiro atoms. The number of ketones is 1. The van der Waals surface area contributed by atoms with Crippen molar-refractivity contribution in [2.24, 2.45) is 23.7 Å². The smallest absolute Gasteiger partial charge is 0.311 e. The monoisotopic (exact) mass is 789 g/mol. The summed E-state index contributed by atoms with van der Waals surface area (Å²) in [6, 6.07) is -0.319. The minimum atomic E-state index is -2.01. The summed E-state index contributed by atoms with van der Waals surface area (Å²) < 4.78 is 43.6. The van der Waals surface area contributed by atoms with E-state index < -0.39 is 114 Å². The van der Waals surface area contributed by atoms with Crippen LogP contribution in [0.5, 0.6) is 0 Å². The zero-order chi connectivity index (χ0) is 42.0. The number of carbonyl (C=O) groups is 3. The maximum atomic E-state index is 14.2. The van der Waals surface area contributed by atoms with Crippen LogP contribution in [0.2, 0.25) is 0 Å². The van der Waals surface area contributed by atoms with Crippen LogP contribution in [-0.4, -0.2) is 149 Å². The van der Waals surface area contributed by atoms with Crippen molar-refractivity contribution in [3.05, 3.63) is 0 Å². The molecule has 0 amide bonds. The zero-order valence-electron chi connectivity index (χ0n) is 35.5. The van der Waals surface area contributed by atoms with E-state index in [4.69, 9.17) is 33.2 Å². The quantitative estimate of drug-likeness (QED) is 0.249. The first-order valence-electron chi connectivity index (χ1n) is 19.9. The molecule has 0 bridgehead atoms. The average Bonchev–Trinajstić information content (AvgIpc) is 3.11. The molecular weight excluding hydrogens is 718 g/mol. The highest BCUT2D eigenvalue weighted by molar-refractivity contribution is 5.83. The van der Waals surface area contributed by atoms with Gasteiger partial charge < -0.3 is 58.5 Å². The maximum absolute atomic E-state index is 14.2. The molecule has 3 heterocycles. The van der Waals surface area contributed by atoms with E-state index in [9.17, 15) is 34.8 Å². The van der Waals surface area contributed by atoms with E-state index in [1.807, 2.05) is 25.9 Å². The third-order valence-electron chi connectivity index (χ3n) is 12.4. The fourth-order valence-corrected chi connectivity index (χ4v) is 8.76. The van der Waals surface area contributed by atoms with E-state index in [1.54, 1.807) is 48.5 Å². The van der Waals surface area contributed by atoms with Gasteiger partial charge in [0.1, 0.15) is 23.6 Å². The molecule has 0 aromatic rings. The molecule has 15 heteroatoms. The second-order valence-electron chi connectivity index (χ2n) is 17.3. The van der Waals surface area contributed by atoms with Crippen LogP contribution in [0.4, 0.5) is 0 Å². The third-order valence-corrected chi connectivity index (χ3v) is 12.4. The summed E-state index contributed by atoms with van der Waals surface area (Å²) in [5.74, 6) is -5.59. The molecule has 18 atom stereocenters. The Kier molecular flexibility index (Phi) is 16.3. The Hall–Kier alpha value is -1.79. The normalized spacial score (nSPS) is 46.9. The number of ether oxygens (including phenoxy) is 7. The summed E-state index contributed by atoms with van der Waals surface area (Å²) in [5.41, 5.74) is -4.92. The third kappa shape index (κ3) is 10.6. The van der Waals surface area contributed by atoms with Crippen molar-refractivity contribution < 1.29 is 68.0 Å². The molecule has 3 aliphatic rings. The van der Waals surface area contributed by atoms with E-state index in [1.165, 1.54) is 27.9 Å². The number of aliphatic hydroxyl groups is 4. The first kappa shape index (κ1) is 47.6. The number of rotatable bonds is 9. The van der Waals surface area contributed by atoms with Crippen molar-refractivity contribution >= 4 is 17.7 Å². The molecule has 0 aromatic carbocycles. The van der Waals surface area contributed by atoms with Gasteiger partial charge in [0.05, 0.1) is 53.7 Å². The van der Waals surface area contributed by atoms with Gasteiger partial charge in [0.25, 0.3) is 0 Å². The highest BCUT2D eigenvalue weighted by atomic mass is 16.7. The van der Waals surface area contributed by atoms with Crippen molar-refractivity contribution in [3.63, 3.8) is 0 Å². The van der Waals surface area contributed by atoms with Crippen LogP contribution in [-0.2, 0) is 47.5 Å². The van der Waals surface area contributed by atoms with Crippen molar-refractivity contribution in [3.8, 4) is 0 Å². The lowest BCUT2D eigenvalue weighted by molar-refractivity contribution is -0.319. The Morgan fingerprint density at radius 1 is 0.891 bits per heavy atom. The van der Waals surface area contributed by atoms with Crippen molar-refractivity contribution in [2.75, 3.05) is 21.2 Å². The fourth-order valence-electron chi connectivity index (χ4n) is 8.76. The summed E-state index contributed by atoms with van der Waals surface area (Å²) in [4.78, 5) is 42.9. The average molecular weight is 790 g/mol. The first-order valence-corrected chi connectivity index (χ1v) is 19.9. The number of hydrogen-bond acceptors (Lipinski definition) is 15. The molecule has 3 saturated heterocycles. The molecule has 0 radical (unpaired) electrons. The molecule has 0 aromatic heterocycles. The fraction of sp³-hybridized carbons (Fsp3) is 0.925. The van der Waals surface area contributed by atoms with Crippen LogP contribution in [0.3, 0.4) is 0 Å². The van der Waals surface area contributed by atoms with E-state index in [-0.39, 0.29) is 37.8 Å². The topological polar surface area (TPSA) is 200 Å². The lowest BCUT2D eigenvalue weighted by atomic mass is 9.74. The lowest BCUT2D eigenvalue weighted by Gasteiger charge is -2.49. The highest BCUT2D eigenvalue weighted by Crippen LogP contribution is 2.41. The van der Waals surface area contributed by atoms with Crippen LogP contribution in [0.1, 0.15) is 108 Å². The van der Waals surface area contributed by atoms with Crippen molar-refractivity contribution in [1.29, 1.82) is 0 Å². The summed E-state index contributed by atoms with van der Waals surface area (Å²) in [5, 5.41) is 46.6. The molecule has 3 aliphatic heterocycles. The molecule has 3 fully saturated rings. The minimum absolute atomic E-state index is 0.0760. The Morgan fingerprint density at radius 2 is 1.51 bits per heavy atom. The molecule has 4 N–H and O–H groups in total.